The van der Waals surface area contributed by atoms with Crippen molar-refractivity contribution in [3.05, 3.63) is 53.5 Å². The minimum atomic E-state index is -5.08. The summed E-state index contributed by atoms with van der Waals surface area (Å²) in [5.41, 5.74) is 1.75. The molecule has 0 saturated heterocycles. The van der Waals surface area contributed by atoms with Crippen molar-refractivity contribution in [2.75, 3.05) is 5.32 Å². The number of carboxylic acid groups (broad SMARTS) is 1. The summed E-state index contributed by atoms with van der Waals surface area (Å²) < 4.78 is 44.6. The zero-order valence-electron chi connectivity index (χ0n) is 13.1. The number of phenols is 1. The van der Waals surface area contributed by atoms with Gasteiger partial charge in [-0.3, -0.25) is 0 Å². The fraction of sp³-hybridized carbons (Fsp3) is 0.250. The van der Waals surface area contributed by atoms with Gasteiger partial charge in [0.25, 0.3) is 0 Å². The molecular weight excluding hydrogens is 344 g/mol. The Kier molecular flexibility index (Phi) is 7.16. The van der Waals surface area contributed by atoms with Crippen LogP contribution < -0.4 is 5.32 Å². The van der Waals surface area contributed by atoms with Gasteiger partial charge in [0.1, 0.15) is 17.4 Å². The number of carboxylic acids is 1. The van der Waals surface area contributed by atoms with E-state index in [1.807, 2.05) is 12.1 Å². The van der Waals surface area contributed by atoms with E-state index in [-0.39, 0.29) is 5.75 Å². The van der Waals surface area contributed by atoms with Crippen LogP contribution in [0.4, 0.5) is 23.4 Å². The summed E-state index contributed by atoms with van der Waals surface area (Å²) in [5, 5.41) is 19.9. The molecule has 0 aliphatic carbocycles. The Morgan fingerprint density at radius 1 is 1.24 bits per heavy atom. The molecular formula is C16H16F4N2O3. The SMILES string of the molecule is CCc1cccnc1NCc1ccc(F)cc1O.O=C(O)C(F)(F)F. The van der Waals surface area contributed by atoms with Gasteiger partial charge in [-0.15, -0.1) is 0 Å². The average Bonchev–Trinajstić information content (AvgIpc) is 2.54. The molecule has 0 saturated carbocycles. The number of anilines is 1. The molecule has 0 aliphatic rings. The molecule has 3 N–H and O–H groups in total. The number of hydrogen-bond donors (Lipinski definition) is 3. The molecule has 0 radical (unpaired) electrons. The van der Waals surface area contributed by atoms with Gasteiger partial charge in [0.15, 0.2) is 0 Å². The van der Waals surface area contributed by atoms with Crippen LogP contribution in [-0.2, 0) is 17.8 Å². The maximum atomic E-state index is 12.8. The first-order chi connectivity index (χ1) is 11.6. The van der Waals surface area contributed by atoms with Gasteiger partial charge < -0.3 is 15.5 Å². The van der Waals surface area contributed by atoms with Crippen molar-refractivity contribution in [3.63, 3.8) is 0 Å². The summed E-state index contributed by atoms with van der Waals surface area (Å²) in [6.07, 6.45) is -2.49. The second-order valence-corrected chi connectivity index (χ2v) is 4.79. The molecule has 25 heavy (non-hydrogen) atoms. The van der Waals surface area contributed by atoms with Gasteiger partial charge in [-0.05, 0) is 24.1 Å². The van der Waals surface area contributed by atoms with Crippen molar-refractivity contribution in [3.8, 4) is 5.75 Å². The third-order valence-corrected chi connectivity index (χ3v) is 3.01. The minimum absolute atomic E-state index is 0.0449. The van der Waals surface area contributed by atoms with E-state index >= 15 is 0 Å². The highest BCUT2D eigenvalue weighted by Gasteiger charge is 2.38. The van der Waals surface area contributed by atoms with Crippen LogP contribution in [0, 0.1) is 5.82 Å². The zero-order valence-corrected chi connectivity index (χ0v) is 13.1. The Morgan fingerprint density at radius 3 is 2.40 bits per heavy atom. The van der Waals surface area contributed by atoms with Gasteiger partial charge in [-0.25, -0.2) is 14.2 Å². The van der Waals surface area contributed by atoms with E-state index in [4.69, 9.17) is 9.90 Å². The summed E-state index contributed by atoms with van der Waals surface area (Å²) >= 11 is 0. The number of aliphatic carboxylic acids is 1. The van der Waals surface area contributed by atoms with E-state index in [0.717, 1.165) is 23.9 Å². The number of halogens is 4. The number of carbonyl (C=O) groups is 1. The number of alkyl halides is 3. The van der Waals surface area contributed by atoms with Crippen LogP contribution in [0.1, 0.15) is 18.1 Å². The fourth-order valence-corrected chi connectivity index (χ4v) is 1.75. The van der Waals surface area contributed by atoms with Crippen molar-refractivity contribution in [2.45, 2.75) is 26.1 Å². The Labute approximate surface area is 141 Å². The van der Waals surface area contributed by atoms with E-state index in [2.05, 4.69) is 17.2 Å². The molecule has 1 aromatic heterocycles. The number of pyridine rings is 1. The molecule has 1 aromatic carbocycles. The van der Waals surface area contributed by atoms with E-state index < -0.39 is 18.0 Å². The van der Waals surface area contributed by atoms with Crippen LogP contribution in [0.3, 0.4) is 0 Å². The lowest BCUT2D eigenvalue weighted by Crippen LogP contribution is -2.21. The van der Waals surface area contributed by atoms with Gasteiger partial charge in [0.05, 0.1) is 0 Å². The fourth-order valence-electron chi connectivity index (χ4n) is 1.75. The van der Waals surface area contributed by atoms with Crippen molar-refractivity contribution < 1.29 is 32.6 Å². The van der Waals surface area contributed by atoms with Crippen molar-refractivity contribution in [1.82, 2.24) is 4.98 Å². The van der Waals surface area contributed by atoms with E-state index in [0.29, 0.717) is 12.1 Å². The minimum Gasteiger partial charge on any atom is -0.507 e. The molecule has 136 valence electrons. The highest BCUT2D eigenvalue weighted by Crippen LogP contribution is 2.20. The monoisotopic (exact) mass is 360 g/mol. The third-order valence-electron chi connectivity index (χ3n) is 3.01. The lowest BCUT2D eigenvalue weighted by atomic mass is 10.1. The van der Waals surface area contributed by atoms with Gasteiger partial charge in [0.2, 0.25) is 0 Å². The third kappa shape index (κ3) is 6.66. The average molecular weight is 360 g/mol. The van der Waals surface area contributed by atoms with Crippen LogP contribution in [0.15, 0.2) is 36.5 Å². The van der Waals surface area contributed by atoms with Crippen LogP contribution >= 0.6 is 0 Å². The number of aromatic nitrogens is 1. The molecule has 2 aromatic rings. The van der Waals surface area contributed by atoms with Crippen molar-refractivity contribution in [1.29, 1.82) is 0 Å². The van der Waals surface area contributed by atoms with E-state index in [1.165, 1.54) is 6.07 Å². The standard InChI is InChI=1S/C14H15FN2O.C2HF3O2/c1-2-10-4-3-7-16-14(10)17-9-11-5-6-12(15)8-13(11)18;3-2(4,5)1(6)7/h3-8,18H,2,9H2,1H3,(H,16,17);(H,6,7). The number of nitrogens with one attached hydrogen (secondary N) is 1. The second kappa shape index (κ2) is 8.86. The lowest BCUT2D eigenvalue weighted by Gasteiger charge is -2.10. The van der Waals surface area contributed by atoms with Crippen LogP contribution in [0.25, 0.3) is 0 Å². The first-order valence-corrected chi connectivity index (χ1v) is 7.10. The normalized spacial score (nSPS) is 10.6. The predicted molar refractivity (Wildman–Crippen MR) is 82.7 cm³/mol. The quantitative estimate of drug-likeness (QED) is 0.724. The highest BCUT2D eigenvalue weighted by atomic mass is 19.4. The highest BCUT2D eigenvalue weighted by molar-refractivity contribution is 5.73. The zero-order chi connectivity index (χ0) is 19.0. The molecule has 0 fully saturated rings. The van der Waals surface area contributed by atoms with E-state index in [9.17, 15) is 22.7 Å². The molecule has 1 heterocycles. The number of nitrogens with zero attached hydrogens (tertiary/aromatic N) is 1. The Hall–Kier alpha value is -2.84. The summed E-state index contributed by atoms with van der Waals surface area (Å²) in [5.74, 6) is -2.45. The molecule has 0 amide bonds. The molecule has 0 unspecified atom stereocenters. The molecule has 0 bridgehead atoms. The van der Waals surface area contributed by atoms with Crippen LogP contribution in [-0.4, -0.2) is 27.3 Å². The molecule has 0 spiro atoms. The topological polar surface area (TPSA) is 82.5 Å². The van der Waals surface area contributed by atoms with Gasteiger partial charge >= 0.3 is 12.1 Å². The van der Waals surface area contributed by atoms with Crippen LogP contribution in [0.5, 0.6) is 5.75 Å². The molecule has 9 heteroatoms. The lowest BCUT2D eigenvalue weighted by molar-refractivity contribution is -0.192. The number of aromatic hydroxyl groups is 1. The number of hydrogen-bond acceptors (Lipinski definition) is 4. The summed E-state index contributed by atoms with van der Waals surface area (Å²) in [4.78, 5) is 13.1. The van der Waals surface area contributed by atoms with Crippen LogP contribution in [0.2, 0.25) is 0 Å². The number of rotatable bonds is 4. The van der Waals surface area contributed by atoms with Crippen molar-refractivity contribution in [2.24, 2.45) is 0 Å². The summed E-state index contributed by atoms with van der Waals surface area (Å²) in [6.45, 7) is 2.47. The maximum Gasteiger partial charge on any atom is 0.490 e. The van der Waals surface area contributed by atoms with Gasteiger partial charge in [-0.1, -0.05) is 19.1 Å². The maximum absolute atomic E-state index is 12.8. The number of aryl methyl sites for hydroxylation is 1. The van der Waals surface area contributed by atoms with Gasteiger partial charge in [-0.2, -0.15) is 13.2 Å². The number of phenolic OH excluding ortho intramolecular Hbond substituents is 1. The summed E-state index contributed by atoms with van der Waals surface area (Å²) in [7, 11) is 0. The first-order valence-electron chi connectivity index (χ1n) is 7.10. The van der Waals surface area contributed by atoms with Crippen molar-refractivity contribution >= 4 is 11.8 Å². The number of benzene rings is 1. The Balaban J connectivity index is 0.000000381. The van der Waals surface area contributed by atoms with Gasteiger partial charge in [0, 0.05) is 24.4 Å². The Bertz CT molecular complexity index is 721. The smallest absolute Gasteiger partial charge is 0.490 e. The first kappa shape index (κ1) is 20.2. The molecule has 2 rings (SSSR count). The molecule has 0 aliphatic heterocycles. The summed E-state index contributed by atoms with van der Waals surface area (Å²) in [6, 6.07) is 7.89. The molecule has 0 atom stereocenters. The van der Waals surface area contributed by atoms with E-state index in [1.54, 1.807) is 12.3 Å². The Morgan fingerprint density at radius 2 is 1.88 bits per heavy atom. The second-order valence-electron chi connectivity index (χ2n) is 4.79. The molecule has 5 nitrogen and oxygen atoms in total. The largest absolute Gasteiger partial charge is 0.507 e. The predicted octanol–water partition coefficient (Wildman–Crippen LogP) is 3.73.